The lowest BCUT2D eigenvalue weighted by atomic mass is 10.2. The summed E-state index contributed by atoms with van der Waals surface area (Å²) in [6.07, 6.45) is 1.51. The number of rotatable bonds is 4. The summed E-state index contributed by atoms with van der Waals surface area (Å²) in [6.45, 7) is 1.69. The molecule has 0 saturated heterocycles. The van der Waals surface area contributed by atoms with Gasteiger partial charge in [0, 0.05) is 11.9 Å². The summed E-state index contributed by atoms with van der Waals surface area (Å²) < 4.78 is 26.0. The van der Waals surface area contributed by atoms with Crippen LogP contribution in [0, 0.1) is 6.92 Å². The van der Waals surface area contributed by atoms with Gasteiger partial charge in [0.2, 0.25) is 10.0 Å². The van der Waals surface area contributed by atoms with Crippen LogP contribution in [-0.4, -0.2) is 26.4 Å². The predicted octanol–water partition coefficient (Wildman–Crippen LogP) is 1.55. The van der Waals surface area contributed by atoms with Crippen LogP contribution >= 0.6 is 0 Å². The fourth-order valence-electron chi connectivity index (χ4n) is 1.77. The van der Waals surface area contributed by atoms with E-state index in [-0.39, 0.29) is 10.6 Å². The molecule has 1 amide bonds. The number of sulfonamides is 1. The first-order valence-electron chi connectivity index (χ1n) is 6.20. The standard InChI is InChI=1S/C14H15N3O3S/c1-10-6-7-11(9-13(10)21(19,20)15-2)17-14(18)12-5-3-4-8-16-12/h3-9,15H,1-2H3,(H,17,18). The van der Waals surface area contributed by atoms with Crippen LogP contribution in [0.3, 0.4) is 0 Å². The second-order valence-electron chi connectivity index (χ2n) is 4.36. The van der Waals surface area contributed by atoms with Crippen LogP contribution in [0.25, 0.3) is 0 Å². The second-order valence-corrected chi connectivity index (χ2v) is 6.21. The third-order valence-corrected chi connectivity index (χ3v) is 4.46. The highest BCUT2D eigenvalue weighted by Crippen LogP contribution is 2.20. The summed E-state index contributed by atoms with van der Waals surface area (Å²) in [5.41, 5.74) is 1.25. The molecule has 0 atom stereocenters. The van der Waals surface area contributed by atoms with Crippen LogP contribution in [0.15, 0.2) is 47.5 Å². The Morgan fingerprint density at radius 2 is 1.95 bits per heavy atom. The van der Waals surface area contributed by atoms with E-state index >= 15 is 0 Å². The number of nitrogens with zero attached hydrogens (tertiary/aromatic N) is 1. The molecule has 0 aliphatic carbocycles. The second kappa shape index (κ2) is 6.02. The van der Waals surface area contributed by atoms with Gasteiger partial charge in [0.25, 0.3) is 5.91 Å². The van der Waals surface area contributed by atoms with Gasteiger partial charge in [-0.25, -0.2) is 13.1 Å². The maximum absolute atomic E-state index is 12.0. The van der Waals surface area contributed by atoms with Crippen molar-refractivity contribution in [1.82, 2.24) is 9.71 Å². The molecule has 110 valence electrons. The fraction of sp³-hybridized carbons (Fsp3) is 0.143. The molecule has 0 aliphatic heterocycles. The number of anilines is 1. The number of aromatic nitrogens is 1. The molecule has 1 aromatic heterocycles. The van der Waals surface area contributed by atoms with Crippen molar-refractivity contribution in [3.05, 3.63) is 53.9 Å². The van der Waals surface area contributed by atoms with E-state index in [2.05, 4.69) is 15.0 Å². The van der Waals surface area contributed by atoms with Gasteiger partial charge in [-0.2, -0.15) is 0 Å². The van der Waals surface area contributed by atoms with Gasteiger partial charge < -0.3 is 5.32 Å². The molecule has 1 heterocycles. The third-order valence-electron chi connectivity index (χ3n) is 2.90. The average Bonchev–Trinajstić information content (AvgIpc) is 2.50. The molecule has 0 fully saturated rings. The van der Waals surface area contributed by atoms with Crippen molar-refractivity contribution >= 4 is 21.6 Å². The smallest absolute Gasteiger partial charge is 0.274 e. The van der Waals surface area contributed by atoms with E-state index in [0.717, 1.165) is 0 Å². The first kappa shape index (κ1) is 15.1. The highest BCUT2D eigenvalue weighted by Gasteiger charge is 2.16. The third kappa shape index (κ3) is 3.45. The Kier molecular flexibility index (Phi) is 4.35. The topological polar surface area (TPSA) is 88.2 Å². The Hall–Kier alpha value is -2.25. The van der Waals surface area contributed by atoms with Crippen LogP contribution in [0.1, 0.15) is 16.1 Å². The lowest BCUT2D eigenvalue weighted by Crippen LogP contribution is -2.20. The molecule has 0 bridgehead atoms. The molecule has 1 aromatic carbocycles. The molecule has 2 N–H and O–H groups in total. The van der Waals surface area contributed by atoms with Gasteiger partial charge >= 0.3 is 0 Å². The lowest BCUT2D eigenvalue weighted by Gasteiger charge is -2.10. The Morgan fingerprint density at radius 3 is 2.57 bits per heavy atom. The zero-order chi connectivity index (χ0) is 15.5. The van der Waals surface area contributed by atoms with Gasteiger partial charge in [-0.3, -0.25) is 9.78 Å². The van der Waals surface area contributed by atoms with E-state index in [1.165, 1.54) is 19.3 Å². The van der Waals surface area contributed by atoms with Crippen LogP contribution in [0.4, 0.5) is 5.69 Å². The molecule has 0 saturated carbocycles. The summed E-state index contributed by atoms with van der Waals surface area (Å²) >= 11 is 0. The maximum atomic E-state index is 12.0. The van der Waals surface area contributed by atoms with E-state index in [1.807, 2.05) is 0 Å². The zero-order valence-corrected chi connectivity index (χ0v) is 12.4. The van der Waals surface area contributed by atoms with E-state index in [4.69, 9.17) is 0 Å². The van der Waals surface area contributed by atoms with Crippen LogP contribution in [0.2, 0.25) is 0 Å². The molecular formula is C14H15N3O3S. The van der Waals surface area contributed by atoms with Crippen molar-refractivity contribution in [2.75, 3.05) is 12.4 Å². The Bertz CT molecular complexity index is 758. The van der Waals surface area contributed by atoms with Crippen molar-refractivity contribution in [3.63, 3.8) is 0 Å². The largest absolute Gasteiger partial charge is 0.321 e. The van der Waals surface area contributed by atoms with Crippen LogP contribution in [-0.2, 0) is 10.0 Å². The van der Waals surface area contributed by atoms with Gasteiger partial charge in [0.15, 0.2) is 0 Å². The van der Waals surface area contributed by atoms with Crippen molar-refractivity contribution in [3.8, 4) is 0 Å². The van der Waals surface area contributed by atoms with E-state index < -0.39 is 15.9 Å². The molecule has 0 radical (unpaired) electrons. The molecule has 0 aliphatic rings. The van der Waals surface area contributed by atoms with Gasteiger partial charge in [-0.1, -0.05) is 12.1 Å². The summed E-state index contributed by atoms with van der Waals surface area (Å²) in [5, 5.41) is 2.63. The number of aryl methyl sites for hydroxylation is 1. The monoisotopic (exact) mass is 305 g/mol. The number of amides is 1. The number of benzene rings is 1. The Labute approximate surface area is 123 Å². The molecule has 2 aromatic rings. The van der Waals surface area contributed by atoms with Gasteiger partial charge in [0.05, 0.1) is 4.90 Å². The number of carbonyl (C=O) groups excluding carboxylic acids is 1. The number of nitrogens with one attached hydrogen (secondary N) is 2. The minimum Gasteiger partial charge on any atom is -0.321 e. The number of carbonyl (C=O) groups is 1. The molecule has 2 rings (SSSR count). The van der Waals surface area contributed by atoms with Crippen molar-refractivity contribution in [2.24, 2.45) is 0 Å². The fourth-order valence-corrected chi connectivity index (χ4v) is 2.76. The maximum Gasteiger partial charge on any atom is 0.274 e. The molecule has 0 spiro atoms. The first-order valence-corrected chi connectivity index (χ1v) is 7.69. The molecule has 0 unspecified atom stereocenters. The lowest BCUT2D eigenvalue weighted by molar-refractivity contribution is 0.102. The van der Waals surface area contributed by atoms with Gasteiger partial charge in [0.1, 0.15) is 5.69 Å². The normalized spacial score (nSPS) is 11.1. The predicted molar refractivity (Wildman–Crippen MR) is 79.6 cm³/mol. The summed E-state index contributed by atoms with van der Waals surface area (Å²) in [6, 6.07) is 9.69. The molecule has 6 nitrogen and oxygen atoms in total. The highest BCUT2D eigenvalue weighted by atomic mass is 32.2. The van der Waals surface area contributed by atoms with Crippen molar-refractivity contribution in [1.29, 1.82) is 0 Å². The summed E-state index contributed by atoms with van der Waals surface area (Å²) in [5.74, 6) is -0.396. The molecule has 7 heteroatoms. The minimum absolute atomic E-state index is 0.129. The number of hydrogen-bond acceptors (Lipinski definition) is 4. The van der Waals surface area contributed by atoms with Gasteiger partial charge in [-0.05, 0) is 43.8 Å². The van der Waals surface area contributed by atoms with E-state index in [0.29, 0.717) is 11.3 Å². The first-order chi connectivity index (χ1) is 9.94. The Morgan fingerprint density at radius 1 is 1.19 bits per heavy atom. The summed E-state index contributed by atoms with van der Waals surface area (Å²) in [4.78, 5) is 16.1. The van der Waals surface area contributed by atoms with Gasteiger partial charge in [-0.15, -0.1) is 0 Å². The average molecular weight is 305 g/mol. The number of pyridine rings is 1. The molecule has 21 heavy (non-hydrogen) atoms. The minimum atomic E-state index is -3.57. The quantitative estimate of drug-likeness (QED) is 0.897. The highest BCUT2D eigenvalue weighted by molar-refractivity contribution is 7.89. The summed E-state index contributed by atoms with van der Waals surface area (Å²) in [7, 11) is -2.23. The van der Waals surface area contributed by atoms with Crippen LogP contribution in [0.5, 0.6) is 0 Å². The zero-order valence-electron chi connectivity index (χ0n) is 11.6. The van der Waals surface area contributed by atoms with Crippen molar-refractivity contribution in [2.45, 2.75) is 11.8 Å². The Balaban J connectivity index is 2.31. The van der Waals surface area contributed by atoms with Crippen molar-refractivity contribution < 1.29 is 13.2 Å². The van der Waals surface area contributed by atoms with Crippen LogP contribution < -0.4 is 10.0 Å². The van der Waals surface area contributed by atoms with E-state index in [1.54, 1.807) is 37.3 Å². The number of hydrogen-bond donors (Lipinski definition) is 2. The molecular weight excluding hydrogens is 290 g/mol. The SMILES string of the molecule is CNS(=O)(=O)c1cc(NC(=O)c2ccccn2)ccc1C. The van der Waals surface area contributed by atoms with E-state index in [9.17, 15) is 13.2 Å².